The maximum Gasteiger partial charge on any atom is 0.271 e. The van der Waals surface area contributed by atoms with E-state index < -0.39 is 0 Å². The molecule has 2 aromatic heterocycles. The van der Waals surface area contributed by atoms with Gasteiger partial charge in [0.2, 0.25) is 5.91 Å². The summed E-state index contributed by atoms with van der Waals surface area (Å²) in [6.45, 7) is 3.80. The van der Waals surface area contributed by atoms with E-state index in [1.54, 1.807) is 6.20 Å². The minimum Gasteiger partial charge on any atom is -0.369 e. The fourth-order valence-electron chi connectivity index (χ4n) is 2.91. The first kappa shape index (κ1) is 15.5. The van der Waals surface area contributed by atoms with Crippen molar-refractivity contribution in [2.24, 2.45) is 5.73 Å². The number of nitrogens with two attached hydrogens (primary N) is 1. The molecule has 1 aliphatic heterocycles. The highest BCUT2D eigenvalue weighted by Crippen LogP contribution is 2.12. The first-order valence-electron chi connectivity index (χ1n) is 7.78. The maximum absolute atomic E-state index is 12.4. The Labute approximate surface area is 134 Å². The van der Waals surface area contributed by atoms with E-state index in [0.717, 1.165) is 37.1 Å². The molecule has 23 heavy (non-hydrogen) atoms. The Kier molecular flexibility index (Phi) is 4.29. The van der Waals surface area contributed by atoms with Crippen LogP contribution in [0.5, 0.6) is 0 Å². The zero-order chi connectivity index (χ0) is 16.4. The van der Waals surface area contributed by atoms with Gasteiger partial charge in [-0.1, -0.05) is 0 Å². The number of likely N-dealkylation sites (tertiary alicyclic amines) is 1. The largest absolute Gasteiger partial charge is 0.369 e. The number of hydrogen-bond donors (Lipinski definition) is 2. The van der Waals surface area contributed by atoms with Crippen LogP contribution in [-0.4, -0.2) is 51.8 Å². The minimum absolute atomic E-state index is 0.109. The van der Waals surface area contributed by atoms with Crippen LogP contribution in [0.4, 0.5) is 0 Å². The summed E-state index contributed by atoms with van der Waals surface area (Å²) in [5.41, 5.74) is 7.51. The molecule has 0 aliphatic carbocycles. The highest BCUT2D eigenvalue weighted by Gasteiger charge is 2.22. The molecule has 1 saturated heterocycles. The second-order valence-electron chi connectivity index (χ2n) is 6.09. The number of piperidine rings is 1. The Bertz CT molecular complexity index is 731. The molecule has 122 valence electrons. The lowest BCUT2D eigenvalue weighted by Crippen LogP contribution is -2.46. The number of aromatic nitrogens is 2. The number of carbonyl (C=O) groups is 2. The summed E-state index contributed by atoms with van der Waals surface area (Å²) < 4.78 is 1.84. The number of primary amides is 1. The number of imidazole rings is 1. The van der Waals surface area contributed by atoms with Gasteiger partial charge in [-0.15, -0.1) is 0 Å². The number of fused-ring (bicyclic) bond motifs is 1. The summed E-state index contributed by atoms with van der Waals surface area (Å²) in [6.07, 6.45) is 5.26. The van der Waals surface area contributed by atoms with Crippen molar-refractivity contribution in [3.63, 3.8) is 0 Å². The van der Waals surface area contributed by atoms with Gasteiger partial charge in [0.05, 0.1) is 6.54 Å². The molecule has 3 heterocycles. The zero-order valence-corrected chi connectivity index (χ0v) is 13.2. The highest BCUT2D eigenvalue weighted by molar-refractivity contribution is 5.93. The fraction of sp³-hybridized carbons (Fsp3) is 0.438. The van der Waals surface area contributed by atoms with Crippen LogP contribution < -0.4 is 11.1 Å². The number of pyridine rings is 1. The van der Waals surface area contributed by atoms with Crippen molar-refractivity contribution in [3.8, 4) is 0 Å². The van der Waals surface area contributed by atoms with Crippen LogP contribution >= 0.6 is 0 Å². The van der Waals surface area contributed by atoms with Crippen LogP contribution in [0, 0.1) is 6.92 Å². The second-order valence-corrected chi connectivity index (χ2v) is 6.09. The van der Waals surface area contributed by atoms with E-state index in [-0.39, 0.29) is 24.4 Å². The lowest BCUT2D eigenvalue weighted by Gasteiger charge is -2.31. The molecule has 3 N–H and O–H groups in total. The molecule has 1 aliphatic rings. The Balaban J connectivity index is 1.59. The first-order valence-corrected chi connectivity index (χ1v) is 7.78. The number of nitrogens with one attached hydrogen (secondary N) is 1. The Morgan fingerprint density at radius 3 is 2.83 bits per heavy atom. The Hall–Kier alpha value is -2.41. The van der Waals surface area contributed by atoms with Gasteiger partial charge in [0.15, 0.2) is 0 Å². The number of nitrogens with zero attached hydrogens (tertiary/aromatic N) is 3. The number of amides is 2. The maximum atomic E-state index is 12.4. The molecular formula is C16H21N5O2. The smallest absolute Gasteiger partial charge is 0.271 e. The van der Waals surface area contributed by atoms with Crippen molar-refractivity contribution in [2.75, 3.05) is 19.6 Å². The third kappa shape index (κ3) is 3.68. The number of rotatable bonds is 4. The van der Waals surface area contributed by atoms with E-state index >= 15 is 0 Å². The fourth-order valence-corrected chi connectivity index (χ4v) is 2.91. The molecule has 2 aromatic rings. The summed E-state index contributed by atoms with van der Waals surface area (Å²) >= 11 is 0. The molecular weight excluding hydrogens is 294 g/mol. The highest BCUT2D eigenvalue weighted by atomic mass is 16.2. The third-order valence-corrected chi connectivity index (χ3v) is 4.15. The summed E-state index contributed by atoms with van der Waals surface area (Å²) in [7, 11) is 0. The van der Waals surface area contributed by atoms with Crippen LogP contribution in [0.15, 0.2) is 24.5 Å². The van der Waals surface area contributed by atoms with Gasteiger partial charge < -0.3 is 15.5 Å². The van der Waals surface area contributed by atoms with Crippen molar-refractivity contribution in [2.45, 2.75) is 25.8 Å². The van der Waals surface area contributed by atoms with Gasteiger partial charge >= 0.3 is 0 Å². The molecule has 0 unspecified atom stereocenters. The topological polar surface area (TPSA) is 92.7 Å². The van der Waals surface area contributed by atoms with Gasteiger partial charge in [0, 0.05) is 31.5 Å². The van der Waals surface area contributed by atoms with Gasteiger partial charge in [-0.05, 0) is 37.5 Å². The summed E-state index contributed by atoms with van der Waals surface area (Å²) in [5.74, 6) is -0.466. The summed E-state index contributed by atoms with van der Waals surface area (Å²) in [4.78, 5) is 29.7. The standard InChI is InChI=1S/C16H21N5O2/c1-11-2-7-21-9-13(19-15(21)8-11)16(23)18-12-3-5-20(6-4-12)10-14(17)22/h2,7-9,12H,3-6,10H2,1H3,(H2,17,22)(H,18,23). The second kappa shape index (κ2) is 6.37. The van der Waals surface area contributed by atoms with Crippen LogP contribution in [-0.2, 0) is 4.79 Å². The third-order valence-electron chi connectivity index (χ3n) is 4.15. The van der Waals surface area contributed by atoms with Crippen molar-refractivity contribution in [1.82, 2.24) is 19.6 Å². The van der Waals surface area contributed by atoms with Crippen molar-refractivity contribution >= 4 is 17.5 Å². The predicted molar refractivity (Wildman–Crippen MR) is 86.1 cm³/mol. The summed E-state index contributed by atoms with van der Waals surface area (Å²) in [6, 6.07) is 4.03. The average molecular weight is 315 g/mol. The van der Waals surface area contributed by atoms with Crippen LogP contribution in [0.25, 0.3) is 5.65 Å². The molecule has 7 nitrogen and oxygen atoms in total. The van der Waals surface area contributed by atoms with Gasteiger partial charge in [-0.25, -0.2) is 4.98 Å². The monoisotopic (exact) mass is 315 g/mol. The SMILES string of the molecule is Cc1ccn2cc(C(=O)NC3CCN(CC(N)=O)CC3)nc2c1. The van der Waals surface area contributed by atoms with E-state index in [2.05, 4.69) is 10.3 Å². The molecule has 1 fully saturated rings. The van der Waals surface area contributed by atoms with E-state index in [1.165, 1.54) is 0 Å². The first-order chi connectivity index (χ1) is 11.0. The Morgan fingerprint density at radius 1 is 1.39 bits per heavy atom. The Morgan fingerprint density at radius 2 is 2.13 bits per heavy atom. The van der Waals surface area contributed by atoms with E-state index in [0.29, 0.717) is 5.69 Å². The zero-order valence-electron chi connectivity index (χ0n) is 13.2. The lowest BCUT2D eigenvalue weighted by atomic mass is 10.0. The summed E-state index contributed by atoms with van der Waals surface area (Å²) in [5, 5.41) is 3.03. The molecule has 7 heteroatoms. The van der Waals surface area contributed by atoms with Crippen LogP contribution in [0.1, 0.15) is 28.9 Å². The molecule has 0 bridgehead atoms. The molecule has 0 aromatic carbocycles. The molecule has 2 amide bonds. The molecule has 0 radical (unpaired) electrons. The minimum atomic E-state index is -0.313. The molecule has 0 atom stereocenters. The van der Waals surface area contributed by atoms with Gasteiger partial charge in [0.1, 0.15) is 11.3 Å². The van der Waals surface area contributed by atoms with Crippen LogP contribution in [0.2, 0.25) is 0 Å². The van der Waals surface area contributed by atoms with Crippen molar-refractivity contribution < 1.29 is 9.59 Å². The van der Waals surface area contributed by atoms with Gasteiger partial charge in [-0.2, -0.15) is 0 Å². The van der Waals surface area contributed by atoms with E-state index in [4.69, 9.17) is 5.73 Å². The normalized spacial score (nSPS) is 16.6. The molecule has 0 spiro atoms. The number of aryl methyl sites for hydroxylation is 1. The average Bonchev–Trinajstić information content (AvgIpc) is 2.92. The van der Waals surface area contributed by atoms with E-state index in [9.17, 15) is 9.59 Å². The lowest BCUT2D eigenvalue weighted by molar-refractivity contribution is -0.119. The van der Waals surface area contributed by atoms with Crippen molar-refractivity contribution in [1.29, 1.82) is 0 Å². The quantitative estimate of drug-likeness (QED) is 0.850. The number of carbonyl (C=O) groups excluding carboxylic acids is 2. The van der Waals surface area contributed by atoms with Crippen LogP contribution in [0.3, 0.4) is 0 Å². The van der Waals surface area contributed by atoms with Gasteiger partial charge in [0.25, 0.3) is 5.91 Å². The molecule has 0 saturated carbocycles. The molecule has 3 rings (SSSR count). The number of hydrogen-bond acceptors (Lipinski definition) is 4. The van der Waals surface area contributed by atoms with Gasteiger partial charge in [-0.3, -0.25) is 14.5 Å². The van der Waals surface area contributed by atoms with Crippen molar-refractivity contribution in [3.05, 3.63) is 35.8 Å². The predicted octanol–water partition coefficient (Wildman–Crippen LogP) is 0.322. The van der Waals surface area contributed by atoms with E-state index in [1.807, 2.05) is 34.6 Å².